The van der Waals surface area contributed by atoms with E-state index in [0.29, 0.717) is 13.0 Å². The van der Waals surface area contributed by atoms with Crippen molar-refractivity contribution in [3.63, 3.8) is 0 Å². The number of likely N-dealkylation sites (N-methyl/N-ethyl adjacent to an activating group) is 1. The summed E-state index contributed by atoms with van der Waals surface area (Å²) in [7, 11) is 1.66. The number of aliphatic hydroxyl groups is 1. The van der Waals surface area contributed by atoms with E-state index in [1.165, 1.54) is 4.90 Å². The maximum absolute atomic E-state index is 11.5. The topological polar surface area (TPSA) is 40.5 Å². The molecule has 1 amide bonds. The van der Waals surface area contributed by atoms with Gasteiger partial charge < -0.3 is 10.0 Å². The molecule has 0 saturated carbocycles. The Morgan fingerprint density at radius 2 is 2.43 bits per heavy atom. The van der Waals surface area contributed by atoms with Gasteiger partial charge in [-0.15, -0.1) is 0 Å². The van der Waals surface area contributed by atoms with E-state index >= 15 is 0 Å². The standard InChI is InChI=1S/C11H15NO2/c1-4-9(2)5-6-11(14)7-8-12(3)10(11)13/h14H,2,4,7-8H2,1,3H3. The fourth-order valence-corrected chi connectivity index (χ4v) is 1.25. The lowest BCUT2D eigenvalue weighted by Crippen LogP contribution is -2.37. The lowest BCUT2D eigenvalue weighted by atomic mass is 10.0. The minimum absolute atomic E-state index is 0.311. The van der Waals surface area contributed by atoms with Gasteiger partial charge in [-0.05, 0) is 12.0 Å². The summed E-state index contributed by atoms with van der Waals surface area (Å²) in [6.07, 6.45) is 1.12. The number of rotatable bonds is 1. The predicted octanol–water partition coefficient (Wildman–Crippen LogP) is 0.549. The predicted molar refractivity (Wildman–Crippen MR) is 54.4 cm³/mol. The van der Waals surface area contributed by atoms with Crippen molar-refractivity contribution in [1.82, 2.24) is 4.90 Å². The molecule has 1 fully saturated rings. The number of allylic oxidation sites excluding steroid dienone is 1. The van der Waals surface area contributed by atoms with Crippen LogP contribution in [0.5, 0.6) is 0 Å². The van der Waals surface area contributed by atoms with Gasteiger partial charge in [0, 0.05) is 20.0 Å². The van der Waals surface area contributed by atoms with Crippen LogP contribution in [0.1, 0.15) is 19.8 Å². The van der Waals surface area contributed by atoms with Gasteiger partial charge in [0.2, 0.25) is 5.60 Å². The molecule has 1 aliphatic heterocycles. The Balaban J connectivity index is 2.81. The van der Waals surface area contributed by atoms with Crippen LogP contribution in [0.3, 0.4) is 0 Å². The highest BCUT2D eigenvalue weighted by Crippen LogP contribution is 2.20. The van der Waals surface area contributed by atoms with Gasteiger partial charge in [0.25, 0.3) is 5.91 Å². The zero-order chi connectivity index (χ0) is 10.8. The first-order valence-electron chi connectivity index (χ1n) is 4.68. The van der Waals surface area contributed by atoms with Crippen molar-refractivity contribution in [2.45, 2.75) is 25.4 Å². The molecule has 3 heteroatoms. The Morgan fingerprint density at radius 1 is 1.79 bits per heavy atom. The molecule has 0 aromatic rings. The van der Waals surface area contributed by atoms with Crippen LogP contribution in [0, 0.1) is 11.8 Å². The molecule has 0 radical (unpaired) electrons. The summed E-state index contributed by atoms with van der Waals surface area (Å²) in [5, 5.41) is 9.87. The Bertz CT molecular complexity index is 324. The van der Waals surface area contributed by atoms with Crippen molar-refractivity contribution >= 4 is 5.91 Å². The van der Waals surface area contributed by atoms with Gasteiger partial charge in [-0.2, -0.15) is 0 Å². The van der Waals surface area contributed by atoms with E-state index in [9.17, 15) is 9.90 Å². The number of likely N-dealkylation sites (tertiary alicyclic amines) is 1. The van der Waals surface area contributed by atoms with Gasteiger partial charge in [-0.3, -0.25) is 4.79 Å². The van der Waals surface area contributed by atoms with Gasteiger partial charge in [0.05, 0.1) is 0 Å². The highest BCUT2D eigenvalue weighted by atomic mass is 16.3. The second-order valence-corrected chi connectivity index (χ2v) is 3.54. The second-order valence-electron chi connectivity index (χ2n) is 3.54. The number of carbonyl (C=O) groups is 1. The fraction of sp³-hybridized carbons (Fsp3) is 0.545. The van der Waals surface area contributed by atoms with Gasteiger partial charge >= 0.3 is 0 Å². The van der Waals surface area contributed by atoms with Crippen molar-refractivity contribution in [2.75, 3.05) is 13.6 Å². The summed E-state index contributed by atoms with van der Waals surface area (Å²) >= 11 is 0. The molecule has 1 saturated heterocycles. The molecule has 1 unspecified atom stereocenters. The average Bonchev–Trinajstić information content (AvgIpc) is 2.44. The van der Waals surface area contributed by atoms with E-state index in [1.807, 2.05) is 6.92 Å². The molecule has 1 rings (SSSR count). The Hall–Kier alpha value is -1.27. The van der Waals surface area contributed by atoms with Crippen LogP contribution in [0.4, 0.5) is 0 Å². The van der Waals surface area contributed by atoms with Crippen molar-refractivity contribution in [3.05, 3.63) is 12.2 Å². The molecule has 1 atom stereocenters. The molecule has 0 spiro atoms. The summed E-state index contributed by atoms with van der Waals surface area (Å²) in [6, 6.07) is 0. The third-order valence-corrected chi connectivity index (χ3v) is 2.38. The number of carbonyl (C=O) groups excluding carboxylic acids is 1. The first-order chi connectivity index (χ1) is 6.49. The van der Waals surface area contributed by atoms with Crippen LogP contribution in [0.25, 0.3) is 0 Å². The van der Waals surface area contributed by atoms with Crippen molar-refractivity contribution in [1.29, 1.82) is 0 Å². The van der Waals surface area contributed by atoms with E-state index in [1.54, 1.807) is 7.05 Å². The molecule has 0 bridgehead atoms. The lowest BCUT2D eigenvalue weighted by Gasteiger charge is -2.13. The summed E-state index contributed by atoms with van der Waals surface area (Å²) in [6.45, 7) is 6.19. The second kappa shape index (κ2) is 3.85. The van der Waals surface area contributed by atoms with Crippen LogP contribution in [0.2, 0.25) is 0 Å². The van der Waals surface area contributed by atoms with E-state index < -0.39 is 5.60 Å². The van der Waals surface area contributed by atoms with Crippen LogP contribution >= 0.6 is 0 Å². The third-order valence-electron chi connectivity index (χ3n) is 2.38. The van der Waals surface area contributed by atoms with Crippen molar-refractivity contribution in [2.24, 2.45) is 0 Å². The molecule has 1 aliphatic rings. The van der Waals surface area contributed by atoms with Crippen LogP contribution in [-0.4, -0.2) is 35.1 Å². The number of hydrogen-bond acceptors (Lipinski definition) is 2. The minimum Gasteiger partial charge on any atom is -0.369 e. The molecule has 3 nitrogen and oxygen atoms in total. The van der Waals surface area contributed by atoms with E-state index in [2.05, 4.69) is 18.4 Å². The zero-order valence-electron chi connectivity index (χ0n) is 8.63. The quantitative estimate of drug-likeness (QED) is 0.618. The van der Waals surface area contributed by atoms with Crippen LogP contribution in [0.15, 0.2) is 12.2 Å². The molecular weight excluding hydrogens is 178 g/mol. The largest absolute Gasteiger partial charge is 0.369 e. The molecule has 1 heterocycles. The Kier molecular flexibility index (Phi) is 2.97. The number of hydrogen-bond donors (Lipinski definition) is 1. The smallest absolute Gasteiger partial charge is 0.267 e. The molecule has 14 heavy (non-hydrogen) atoms. The summed E-state index contributed by atoms with van der Waals surface area (Å²) in [5.41, 5.74) is -0.742. The molecular formula is C11H15NO2. The average molecular weight is 193 g/mol. The van der Waals surface area contributed by atoms with Gasteiger partial charge in [-0.25, -0.2) is 0 Å². The molecule has 0 aliphatic carbocycles. The summed E-state index contributed by atoms with van der Waals surface area (Å²) < 4.78 is 0. The zero-order valence-corrected chi connectivity index (χ0v) is 8.63. The minimum atomic E-state index is -1.48. The first-order valence-corrected chi connectivity index (χ1v) is 4.68. The molecule has 1 N–H and O–H groups in total. The Labute approximate surface area is 84.4 Å². The van der Waals surface area contributed by atoms with Gasteiger partial charge in [0.15, 0.2) is 0 Å². The third kappa shape index (κ3) is 1.97. The van der Waals surface area contributed by atoms with Gasteiger partial charge in [0.1, 0.15) is 0 Å². The Morgan fingerprint density at radius 3 is 2.86 bits per heavy atom. The first kappa shape index (κ1) is 10.8. The van der Waals surface area contributed by atoms with Crippen molar-refractivity contribution in [3.8, 4) is 11.8 Å². The highest BCUT2D eigenvalue weighted by molar-refractivity contribution is 5.90. The van der Waals surface area contributed by atoms with Crippen LogP contribution < -0.4 is 0 Å². The summed E-state index contributed by atoms with van der Waals surface area (Å²) in [4.78, 5) is 13.0. The fourth-order valence-electron chi connectivity index (χ4n) is 1.25. The SMILES string of the molecule is C=C(C#CC1(O)CCN(C)C1=O)CC. The van der Waals surface area contributed by atoms with E-state index in [0.717, 1.165) is 12.0 Å². The highest BCUT2D eigenvalue weighted by Gasteiger charge is 2.42. The lowest BCUT2D eigenvalue weighted by molar-refractivity contribution is -0.137. The number of nitrogens with zero attached hydrogens (tertiary/aromatic N) is 1. The molecule has 0 aromatic heterocycles. The maximum Gasteiger partial charge on any atom is 0.267 e. The molecule has 0 aromatic carbocycles. The van der Waals surface area contributed by atoms with E-state index in [-0.39, 0.29) is 5.91 Å². The van der Waals surface area contributed by atoms with Gasteiger partial charge in [-0.1, -0.05) is 25.3 Å². The number of amides is 1. The maximum atomic E-state index is 11.5. The van der Waals surface area contributed by atoms with Crippen molar-refractivity contribution < 1.29 is 9.90 Å². The molecule has 76 valence electrons. The van der Waals surface area contributed by atoms with E-state index in [4.69, 9.17) is 0 Å². The normalized spacial score (nSPS) is 25.9. The summed E-state index contributed by atoms with van der Waals surface area (Å²) in [5.74, 6) is 5.02. The monoisotopic (exact) mass is 193 g/mol. The van der Waals surface area contributed by atoms with Crippen LogP contribution in [-0.2, 0) is 4.79 Å².